The fourth-order valence-corrected chi connectivity index (χ4v) is 2.86. The van der Waals surface area contributed by atoms with Gasteiger partial charge in [-0.1, -0.05) is 0 Å². The first kappa shape index (κ1) is 19.6. The maximum atomic E-state index is 5.44. The molecule has 1 fully saturated rings. The third-order valence-corrected chi connectivity index (χ3v) is 4.27. The number of nitrogens with two attached hydrogens (primary N) is 4. The summed E-state index contributed by atoms with van der Waals surface area (Å²) >= 11 is 0. The van der Waals surface area contributed by atoms with Gasteiger partial charge in [-0.3, -0.25) is 19.4 Å². The highest BCUT2D eigenvalue weighted by Gasteiger charge is 2.49. The molecule has 12 heteroatoms. The van der Waals surface area contributed by atoms with Crippen molar-refractivity contribution in [3.8, 4) is 0 Å². The largest absolute Gasteiger partial charge is 0.284 e. The topological polar surface area (TPSA) is 189 Å². The van der Waals surface area contributed by atoms with Crippen molar-refractivity contribution < 1.29 is 19.4 Å². The Morgan fingerprint density at radius 3 is 2.41 bits per heavy atom. The van der Waals surface area contributed by atoms with E-state index in [1.165, 1.54) is 0 Å². The Hall–Kier alpha value is -0.480. The molecule has 0 radical (unpaired) electrons. The Morgan fingerprint density at radius 2 is 1.86 bits per heavy atom. The fraction of sp³-hybridized carbons (Fsp3) is 1.00. The van der Waals surface area contributed by atoms with Gasteiger partial charge in [0.15, 0.2) is 0 Å². The van der Waals surface area contributed by atoms with Gasteiger partial charge in [0.25, 0.3) is 0 Å². The number of nitrogens with one attached hydrogen (secondary N) is 4. The monoisotopic (exact) mass is 324 g/mol. The molecule has 0 aromatic rings. The molecule has 12 N–H and O–H groups in total. The Balaban J connectivity index is 2.83. The Kier molecular flexibility index (Phi) is 7.98. The maximum Gasteiger partial charge on any atom is 0.117 e. The molecular weight excluding hydrogens is 296 g/mol. The van der Waals surface area contributed by atoms with Crippen molar-refractivity contribution >= 4 is 0 Å². The molecule has 4 atom stereocenters. The zero-order valence-corrected chi connectivity index (χ0v) is 12.9. The normalized spacial score (nSPS) is 31.9. The molecule has 0 heterocycles. The van der Waals surface area contributed by atoms with Gasteiger partial charge in [-0.05, 0) is 39.0 Å². The molecule has 0 aromatic heterocycles. The van der Waals surface area contributed by atoms with Crippen LogP contribution < -0.4 is 45.7 Å². The Labute approximate surface area is 129 Å². The highest BCUT2D eigenvalue weighted by molar-refractivity contribution is 4.97. The third kappa shape index (κ3) is 4.76. The molecule has 0 aliphatic heterocycles. The van der Waals surface area contributed by atoms with Crippen molar-refractivity contribution in [2.75, 3.05) is 6.61 Å². The smallest absolute Gasteiger partial charge is 0.117 e. The van der Waals surface area contributed by atoms with Crippen molar-refractivity contribution in [1.29, 1.82) is 0 Å². The molecule has 0 aromatic carbocycles. The van der Waals surface area contributed by atoms with Gasteiger partial charge in [0.05, 0.1) is 0 Å². The summed E-state index contributed by atoms with van der Waals surface area (Å²) in [5.74, 6) is 21.0. The maximum absolute atomic E-state index is 5.44. The second kappa shape index (κ2) is 8.97. The molecule has 12 nitrogen and oxygen atoms in total. The molecule has 4 unspecified atom stereocenters. The average Bonchev–Trinajstić information content (AvgIpc) is 2.48. The second-order valence-electron chi connectivity index (χ2n) is 5.67. The van der Waals surface area contributed by atoms with E-state index < -0.39 is 11.2 Å². The number of hydrazine groups is 4. The summed E-state index contributed by atoms with van der Waals surface area (Å²) in [4.78, 5) is 21.3. The van der Waals surface area contributed by atoms with Crippen LogP contribution in [0.15, 0.2) is 0 Å². The van der Waals surface area contributed by atoms with E-state index >= 15 is 0 Å². The molecule has 1 rings (SSSR count). The lowest BCUT2D eigenvalue weighted by molar-refractivity contribution is -0.241. The van der Waals surface area contributed by atoms with Crippen LogP contribution in [0.25, 0.3) is 0 Å². The van der Waals surface area contributed by atoms with Crippen LogP contribution in [0.3, 0.4) is 0 Å². The predicted octanol–water partition coefficient (Wildman–Crippen LogP) is -2.75. The second-order valence-corrected chi connectivity index (χ2v) is 5.67. The summed E-state index contributed by atoms with van der Waals surface area (Å²) in [6, 6.07) is 0. The van der Waals surface area contributed by atoms with E-state index in [0.717, 1.165) is 6.42 Å². The van der Waals surface area contributed by atoms with Crippen molar-refractivity contribution in [3.63, 3.8) is 0 Å². The standard InChI is InChI=1S/C10H28N8O4/c1-9(21-17-13)4-3-7(5-8(9)20-16-12)10(2,22-18-14)6-19-15-11/h7-8,15-18H,3-6,11-14H2,1-2H3. The van der Waals surface area contributed by atoms with E-state index in [1.54, 1.807) is 0 Å². The van der Waals surface area contributed by atoms with Gasteiger partial charge < -0.3 is 0 Å². The lowest BCUT2D eigenvalue weighted by Crippen LogP contribution is -2.58. The highest BCUT2D eigenvalue weighted by atomic mass is 16.7. The van der Waals surface area contributed by atoms with E-state index in [4.69, 9.17) is 42.7 Å². The van der Waals surface area contributed by atoms with Crippen LogP contribution in [0, 0.1) is 5.92 Å². The van der Waals surface area contributed by atoms with Crippen LogP contribution >= 0.6 is 0 Å². The van der Waals surface area contributed by atoms with Crippen LogP contribution in [0.2, 0.25) is 0 Å². The number of rotatable bonds is 10. The first-order chi connectivity index (χ1) is 10.5. The first-order valence-electron chi connectivity index (χ1n) is 6.91. The number of hydrogen-bond donors (Lipinski definition) is 8. The van der Waals surface area contributed by atoms with Gasteiger partial charge in [0.1, 0.15) is 23.9 Å². The molecule has 22 heavy (non-hydrogen) atoms. The van der Waals surface area contributed by atoms with Gasteiger partial charge in [0.2, 0.25) is 0 Å². The van der Waals surface area contributed by atoms with Gasteiger partial charge in [-0.15, -0.1) is 22.4 Å². The summed E-state index contributed by atoms with van der Waals surface area (Å²) in [6.07, 6.45) is 1.59. The Morgan fingerprint density at radius 1 is 1.14 bits per heavy atom. The van der Waals surface area contributed by atoms with E-state index in [1.807, 2.05) is 13.8 Å². The minimum atomic E-state index is -0.741. The Bertz CT molecular complexity index is 327. The average molecular weight is 324 g/mol. The summed E-state index contributed by atoms with van der Waals surface area (Å²) in [5.41, 5.74) is 7.37. The molecule has 0 spiro atoms. The molecule has 1 aliphatic carbocycles. The minimum Gasteiger partial charge on any atom is -0.284 e. The molecular formula is C10H28N8O4. The zero-order valence-electron chi connectivity index (χ0n) is 12.9. The van der Waals surface area contributed by atoms with Gasteiger partial charge in [-0.2, -0.15) is 0 Å². The summed E-state index contributed by atoms with van der Waals surface area (Å²) < 4.78 is 0. The van der Waals surface area contributed by atoms with Gasteiger partial charge >= 0.3 is 0 Å². The molecule has 0 saturated heterocycles. The zero-order chi connectivity index (χ0) is 16.6. The van der Waals surface area contributed by atoms with Crippen molar-refractivity contribution in [1.82, 2.24) is 22.4 Å². The highest BCUT2D eigenvalue weighted by Crippen LogP contribution is 2.41. The van der Waals surface area contributed by atoms with Crippen LogP contribution in [0.5, 0.6) is 0 Å². The van der Waals surface area contributed by atoms with Crippen LogP contribution in [0.1, 0.15) is 33.1 Å². The van der Waals surface area contributed by atoms with Gasteiger partial charge in [-0.25, -0.2) is 23.4 Å². The van der Waals surface area contributed by atoms with Crippen LogP contribution in [-0.2, 0) is 19.4 Å². The minimum absolute atomic E-state index is 0.0321. The fourth-order valence-electron chi connectivity index (χ4n) is 2.86. The molecule has 1 saturated carbocycles. The van der Waals surface area contributed by atoms with Crippen LogP contribution in [-0.4, -0.2) is 23.9 Å². The van der Waals surface area contributed by atoms with Crippen molar-refractivity contribution in [2.45, 2.75) is 50.4 Å². The SMILES string of the molecule is CC(CONN)(ONN)C1CCC(C)(ONN)C(ONN)C1. The first-order valence-corrected chi connectivity index (χ1v) is 6.91. The van der Waals surface area contributed by atoms with E-state index in [0.29, 0.717) is 12.8 Å². The summed E-state index contributed by atoms with van der Waals surface area (Å²) in [5, 5.41) is 0. The molecule has 0 amide bonds. The number of hydrogen-bond acceptors (Lipinski definition) is 12. The van der Waals surface area contributed by atoms with Crippen molar-refractivity contribution in [3.05, 3.63) is 0 Å². The lowest BCUT2D eigenvalue weighted by Gasteiger charge is -2.46. The van der Waals surface area contributed by atoms with E-state index in [9.17, 15) is 0 Å². The lowest BCUT2D eigenvalue weighted by atomic mass is 9.71. The summed E-state index contributed by atoms with van der Waals surface area (Å²) in [6.45, 7) is 3.91. The third-order valence-electron chi connectivity index (χ3n) is 4.27. The molecule has 1 aliphatic rings. The van der Waals surface area contributed by atoms with Crippen molar-refractivity contribution in [2.24, 2.45) is 29.3 Å². The van der Waals surface area contributed by atoms with E-state index in [-0.39, 0.29) is 18.6 Å². The molecule has 132 valence electrons. The molecule has 0 bridgehead atoms. The summed E-state index contributed by atoms with van der Waals surface area (Å²) in [7, 11) is 0. The predicted molar refractivity (Wildman–Crippen MR) is 76.4 cm³/mol. The van der Waals surface area contributed by atoms with E-state index in [2.05, 4.69) is 22.4 Å². The quantitative estimate of drug-likeness (QED) is 0.153. The van der Waals surface area contributed by atoms with Gasteiger partial charge in [0, 0.05) is 0 Å². The van der Waals surface area contributed by atoms with Crippen LogP contribution in [0.4, 0.5) is 0 Å².